The Morgan fingerprint density at radius 3 is 2.88 bits per heavy atom. The Kier molecular flexibility index (Phi) is 3.34. The molecule has 0 fully saturated rings. The molecule has 0 amide bonds. The number of H-pyrrole nitrogens is 1. The maximum Gasteiger partial charge on any atom is 0.355 e. The number of hydrogen-bond donors (Lipinski definition) is 1. The summed E-state index contributed by atoms with van der Waals surface area (Å²) < 4.78 is 10.9. The van der Waals surface area contributed by atoms with Crippen molar-refractivity contribution in [1.82, 2.24) is 9.97 Å². The van der Waals surface area contributed by atoms with Gasteiger partial charge in [0.15, 0.2) is 12.2 Å². The van der Waals surface area contributed by atoms with Crippen LogP contribution in [0.4, 0.5) is 0 Å². The molecule has 2 aromatic carbocycles. The fourth-order valence-corrected chi connectivity index (χ4v) is 2.90. The lowest BCUT2D eigenvalue weighted by Crippen LogP contribution is -2.05. The van der Waals surface area contributed by atoms with E-state index in [4.69, 9.17) is 9.15 Å². The largest absolute Gasteiger partial charge is 0.451 e. The zero-order valence-corrected chi connectivity index (χ0v) is 13.4. The first-order valence-corrected chi connectivity index (χ1v) is 7.72. The summed E-state index contributed by atoms with van der Waals surface area (Å²) in [4.78, 5) is 19.7. The van der Waals surface area contributed by atoms with Crippen LogP contribution in [0, 0.1) is 13.8 Å². The molecule has 0 atom stereocenters. The van der Waals surface area contributed by atoms with Crippen LogP contribution in [0.2, 0.25) is 0 Å². The van der Waals surface area contributed by atoms with Crippen LogP contribution >= 0.6 is 0 Å². The van der Waals surface area contributed by atoms with Crippen LogP contribution in [0.15, 0.2) is 46.9 Å². The van der Waals surface area contributed by atoms with Crippen LogP contribution in [0.25, 0.3) is 22.0 Å². The molecular formula is C19H16N2O3. The lowest BCUT2D eigenvalue weighted by molar-refractivity contribution is 0.0434. The van der Waals surface area contributed by atoms with E-state index in [-0.39, 0.29) is 6.61 Å². The number of esters is 1. The molecule has 0 saturated carbocycles. The Balaban J connectivity index is 1.54. The number of nitrogens with one attached hydrogen (secondary N) is 1. The van der Waals surface area contributed by atoms with Gasteiger partial charge in [0.1, 0.15) is 11.2 Å². The van der Waals surface area contributed by atoms with Crippen molar-refractivity contribution in [2.45, 2.75) is 20.5 Å². The van der Waals surface area contributed by atoms with Crippen molar-refractivity contribution >= 4 is 28.0 Å². The predicted molar refractivity (Wildman–Crippen MR) is 90.9 cm³/mol. The van der Waals surface area contributed by atoms with E-state index >= 15 is 0 Å². The van der Waals surface area contributed by atoms with E-state index in [1.165, 1.54) is 0 Å². The number of carbonyl (C=O) groups is 1. The number of aromatic nitrogens is 2. The highest BCUT2D eigenvalue weighted by atomic mass is 16.5. The summed E-state index contributed by atoms with van der Waals surface area (Å²) in [5, 5.41) is 1.02. The number of aromatic amines is 1. The Bertz CT molecular complexity index is 1030. The third-order valence-electron chi connectivity index (χ3n) is 3.97. The van der Waals surface area contributed by atoms with Gasteiger partial charge >= 0.3 is 5.97 Å². The summed E-state index contributed by atoms with van der Waals surface area (Å²) in [5.74, 6) is -0.0433. The van der Waals surface area contributed by atoms with Crippen LogP contribution in [-0.4, -0.2) is 15.9 Å². The third-order valence-corrected chi connectivity index (χ3v) is 3.97. The average Bonchev–Trinajstić information content (AvgIpc) is 3.15. The second kappa shape index (κ2) is 5.53. The van der Waals surface area contributed by atoms with E-state index in [2.05, 4.69) is 16.0 Å². The van der Waals surface area contributed by atoms with Crippen LogP contribution in [0.1, 0.15) is 27.5 Å². The summed E-state index contributed by atoms with van der Waals surface area (Å²) in [6.07, 6.45) is 0. The summed E-state index contributed by atoms with van der Waals surface area (Å²) in [6, 6.07) is 13.4. The second-order valence-corrected chi connectivity index (χ2v) is 5.88. The van der Waals surface area contributed by atoms with Crippen LogP contribution in [0.5, 0.6) is 0 Å². The Labute approximate surface area is 138 Å². The zero-order valence-electron chi connectivity index (χ0n) is 13.4. The van der Waals surface area contributed by atoms with E-state index in [0.717, 1.165) is 27.5 Å². The Morgan fingerprint density at radius 1 is 1.21 bits per heavy atom. The second-order valence-electron chi connectivity index (χ2n) is 5.88. The normalized spacial score (nSPS) is 11.2. The zero-order chi connectivity index (χ0) is 16.7. The highest BCUT2D eigenvalue weighted by Crippen LogP contribution is 2.22. The molecule has 5 nitrogen and oxygen atoms in total. The van der Waals surface area contributed by atoms with Crippen molar-refractivity contribution < 1.29 is 13.9 Å². The van der Waals surface area contributed by atoms with Crippen molar-refractivity contribution in [2.75, 3.05) is 0 Å². The van der Waals surface area contributed by atoms with E-state index in [1.807, 2.05) is 50.2 Å². The molecule has 0 spiro atoms. The molecule has 0 aliphatic rings. The van der Waals surface area contributed by atoms with Gasteiger partial charge in [-0.2, -0.15) is 0 Å². The number of para-hydroxylation sites is 2. The molecular weight excluding hydrogens is 304 g/mol. The maximum atomic E-state index is 12.3. The molecule has 1 N–H and O–H groups in total. The van der Waals surface area contributed by atoms with Gasteiger partial charge in [0.05, 0.1) is 0 Å². The smallest absolute Gasteiger partial charge is 0.355 e. The minimum atomic E-state index is -0.425. The van der Waals surface area contributed by atoms with Gasteiger partial charge in [0, 0.05) is 10.9 Å². The Hall–Kier alpha value is -3.08. The van der Waals surface area contributed by atoms with Crippen molar-refractivity contribution in [2.24, 2.45) is 0 Å². The van der Waals surface area contributed by atoms with Gasteiger partial charge in [-0.25, -0.2) is 9.78 Å². The van der Waals surface area contributed by atoms with Crippen LogP contribution in [-0.2, 0) is 11.3 Å². The number of hydrogen-bond acceptors (Lipinski definition) is 4. The summed E-state index contributed by atoms with van der Waals surface area (Å²) >= 11 is 0. The van der Waals surface area contributed by atoms with Gasteiger partial charge < -0.3 is 14.1 Å². The van der Waals surface area contributed by atoms with Gasteiger partial charge in [0.25, 0.3) is 0 Å². The molecule has 2 aromatic heterocycles. The molecule has 4 aromatic rings. The molecule has 4 rings (SSSR count). The van der Waals surface area contributed by atoms with Crippen molar-refractivity contribution in [1.29, 1.82) is 0 Å². The van der Waals surface area contributed by atoms with Gasteiger partial charge in [-0.1, -0.05) is 18.2 Å². The highest BCUT2D eigenvalue weighted by molar-refractivity contribution is 5.96. The first-order chi connectivity index (χ1) is 11.6. The van der Waals surface area contributed by atoms with Gasteiger partial charge in [-0.3, -0.25) is 0 Å². The standard InChI is InChI=1S/C19H16N2O3/c1-11-7-12(2)13-9-16(20-15(13)8-11)19(22)23-10-18-21-14-5-3-4-6-17(14)24-18/h3-9,20H,10H2,1-2H3. The molecule has 0 bridgehead atoms. The van der Waals surface area contributed by atoms with E-state index in [9.17, 15) is 4.79 Å². The fraction of sp³-hybridized carbons (Fsp3) is 0.158. The molecule has 5 heteroatoms. The van der Waals surface area contributed by atoms with Gasteiger partial charge in [-0.05, 0) is 49.2 Å². The topological polar surface area (TPSA) is 68.1 Å². The third kappa shape index (κ3) is 2.54. The molecule has 0 aliphatic carbocycles. The lowest BCUT2D eigenvalue weighted by Gasteiger charge is -1.99. The van der Waals surface area contributed by atoms with Crippen molar-refractivity contribution in [3.63, 3.8) is 0 Å². The van der Waals surface area contributed by atoms with E-state index < -0.39 is 5.97 Å². The number of rotatable bonds is 3. The van der Waals surface area contributed by atoms with E-state index in [0.29, 0.717) is 17.2 Å². The number of nitrogens with zero attached hydrogens (tertiary/aromatic N) is 1. The summed E-state index contributed by atoms with van der Waals surface area (Å²) in [5.41, 5.74) is 5.06. The average molecular weight is 320 g/mol. The number of aryl methyl sites for hydroxylation is 2. The van der Waals surface area contributed by atoms with E-state index in [1.54, 1.807) is 0 Å². The first-order valence-electron chi connectivity index (χ1n) is 7.72. The number of oxazole rings is 1. The molecule has 0 aliphatic heterocycles. The minimum Gasteiger partial charge on any atom is -0.451 e. The quantitative estimate of drug-likeness (QED) is 0.572. The molecule has 24 heavy (non-hydrogen) atoms. The Morgan fingerprint density at radius 2 is 2.04 bits per heavy atom. The number of ether oxygens (including phenoxy) is 1. The van der Waals surface area contributed by atoms with Crippen molar-refractivity contribution in [3.8, 4) is 0 Å². The first kappa shape index (κ1) is 14.5. The number of benzene rings is 2. The van der Waals surface area contributed by atoms with Gasteiger partial charge in [0.2, 0.25) is 5.89 Å². The fourth-order valence-electron chi connectivity index (χ4n) is 2.90. The monoisotopic (exact) mass is 320 g/mol. The molecule has 0 saturated heterocycles. The van der Waals surface area contributed by atoms with Gasteiger partial charge in [-0.15, -0.1) is 0 Å². The molecule has 0 radical (unpaired) electrons. The van der Waals surface area contributed by atoms with Crippen LogP contribution in [0.3, 0.4) is 0 Å². The minimum absolute atomic E-state index is 0.000881. The summed E-state index contributed by atoms with van der Waals surface area (Å²) in [7, 11) is 0. The summed E-state index contributed by atoms with van der Waals surface area (Å²) in [6.45, 7) is 4.05. The highest BCUT2D eigenvalue weighted by Gasteiger charge is 2.14. The molecule has 120 valence electrons. The SMILES string of the molecule is Cc1cc(C)c2cc(C(=O)OCc3nc4ccccc4o3)[nH]c2c1. The number of fused-ring (bicyclic) bond motifs is 2. The van der Waals surface area contributed by atoms with Crippen molar-refractivity contribution in [3.05, 3.63) is 65.2 Å². The molecule has 2 heterocycles. The predicted octanol–water partition coefficient (Wildman–Crippen LogP) is 4.28. The number of carbonyl (C=O) groups excluding carboxylic acids is 1. The molecule has 0 unspecified atom stereocenters. The lowest BCUT2D eigenvalue weighted by atomic mass is 10.1. The van der Waals surface area contributed by atoms with Crippen LogP contribution < -0.4 is 0 Å². The maximum absolute atomic E-state index is 12.3.